The molecule has 0 aliphatic heterocycles. The second kappa shape index (κ2) is 5.55. The summed E-state index contributed by atoms with van der Waals surface area (Å²) in [5, 5.41) is 3.25. The number of rotatable bonds is 4. The van der Waals surface area contributed by atoms with Crippen molar-refractivity contribution in [3.05, 3.63) is 24.3 Å². The van der Waals surface area contributed by atoms with Crippen molar-refractivity contribution in [2.24, 2.45) is 0 Å². The Hall–Kier alpha value is -1.07. The highest BCUT2D eigenvalue weighted by molar-refractivity contribution is 7.98. The summed E-state index contributed by atoms with van der Waals surface area (Å²) in [7, 11) is 0. The molecule has 0 radical (unpaired) electrons. The molecule has 1 aromatic carbocycles. The molecule has 0 heterocycles. The molecule has 1 nitrogen and oxygen atoms in total. The van der Waals surface area contributed by atoms with E-state index in [9.17, 15) is 0 Å². The van der Waals surface area contributed by atoms with Crippen molar-refractivity contribution in [1.82, 2.24) is 0 Å². The number of hydrogen-bond acceptors (Lipinski definition) is 2. The predicted molar refractivity (Wildman–Crippen MR) is 60.2 cm³/mol. The minimum atomic E-state index is 0.768. The van der Waals surface area contributed by atoms with Crippen LogP contribution in [-0.4, -0.2) is 12.8 Å². The lowest BCUT2D eigenvalue weighted by Crippen LogP contribution is -1.99. The Morgan fingerprint density at radius 1 is 1.38 bits per heavy atom. The zero-order chi connectivity index (χ0) is 9.52. The third-order valence-electron chi connectivity index (χ3n) is 1.69. The average Bonchev–Trinajstić information content (AvgIpc) is 2.19. The van der Waals surface area contributed by atoms with Crippen molar-refractivity contribution in [1.29, 1.82) is 0 Å². The lowest BCUT2D eigenvalue weighted by molar-refractivity contribution is 1.10. The van der Waals surface area contributed by atoms with Gasteiger partial charge in [0, 0.05) is 23.5 Å². The van der Waals surface area contributed by atoms with Crippen molar-refractivity contribution >= 4 is 17.4 Å². The summed E-state index contributed by atoms with van der Waals surface area (Å²) in [5.74, 6) is 2.59. The molecule has 0 unspecified atom stereocenters. The first kappa shape index (κ1) is 10.0. The highest BCUT2D eigenvalue weighted by Crippen LogP contribution is 2.17. The molecule has 13 heavy (non-hydrogen) atoms. The molecular weight excluding hydrogens is 178 g/mol. The molecular formula is C11H13NS. The topological polar surface area (TPSA) is 12.0 Å². The molecule has 1 N–H and O–H groups in total. The molecule has 0 aromatic heterocycles. The van der Waals surface area contributed by atoms with Gasteiger partial charge in [-0.2, -0.15) is 0 Å². The van der Waals surface area contributed by atoms with Crippen molar-refractivity contribution in [3.63, 3.8) is 0 Å². The van der Waals surface area contributed by atoms with Gasteiger partial charge >= 0.3 is 0 Å². The van der Waals surface area contributed by atoms with Crippen LogP contribution in [0.15, 0.2) is 29.2 Å². The van der Waals surface area contributed by atoms with Crippen molar-refractivity contribution in [2.75, 3.05) is 18.1 Å². The van der Waals surface area contributed by atoms with Gasteiger partial charge in [0.05, 0.1) is 0 Å². The monoisotopic (exact) mass is 191 g/mol. The molecule has 1 aromatic rings. The zero-order valence-corrected chi connectivity index (χ0v) is 8.53. The molecule has 0 amide bonds. The minimum Gasteiger partial charge on any atom is -0.384 e. The van der Waals surface area contributed by atoms with Crippen LogP contribution in [0.2, 0.25) is 0 Å². The van der Waals surface area contributed by atoms with E-state index in [2.05, 4.69) is 41.8 Å². The summed E-state index contributed by atoms with van der Waals surface area (Å²) in [6, 6.07) is 8.34. The molecule has 0 aliphatic carbocycles. The maximum absolute atomic E-state index is 5.14. The van der Waals surface area contributed by atoms with Gasteiger partial charge in [-0.15, -0.1) is 24.1 Å². The predicted octanol–water partition coefficient (Wildman–Crippen LogP) is 2.84. The van der Waals surface area contributed by atoms with E-state index in [1.807, 2.05) is 0 Å². The lowest BCUT2D eigenvalue weighted by Gasteiger charge is -2.04. The second-order valence-corrected chi connectivity index (χ2v) is 3.49. The van der Waals surface area contributed by atoms with Crippen LogP contribution in [0.4, 0.5) is 5.69 Å². The van der Waals surface area contributed by atoms with E-state index in [0.29, 0.717) is 0 Å². The molecule has 0 atom stereocenters. The SMILES string of the molecule is C#CCCNc1ccc(SC)cc1. The van der Waals surface area contributed by atoms with Crippen LogP contribution in [0.1, 0.15) is 6.42 Å². The number of nitrogens with one attached hydrogen (secondary N) is 1. The van der Waals surface area contributed by atoms with Crippen LogP contribution in [-0.2, 0) is 0 Å². The van der Waals surface area contributed by atoms with Gasteiger partial charge in [-0.3, -0.25) is 0 Å². The third kappa shape index (κ3) is 3.43. The molecule has 2 heteroatoms. The van der Waals surface area contributed by atoms with Crippen LogP contribution in [0, 0.1) is 12.3 Å². The van der Waals surface area contributed by atoms with E-state index < -0.39 is 0 Å². The second-order valence-electron chi connectivity index (χ2n) is 2.61. The van der Waals surface area contributed by atoms with Gasteiger partial charge in [-0.25, -0.2) is 0 Å². The maximum Gasteiger partial charge on any atom is 0.0341 e. The molecule has 1 rings (SSSR count). The van der Waals surface area contributed by atoms with Gasteiger partial charge in [-0.1, -0.05) is 0 Å². The molecule has 0 saturated heterocycles. The van der Waals surface area contributed by atoms with Crippen molar-refractivity contribution in [2.45, 2.75) is 11.3 Å². The van der Waals surface area contributed by atoms with E-state index in [0.717, 1.165) is 18.7 Å². The van der Waals surface area contributed by atoms with Gasteiger partial charge in [0.15, 0.2) is 0 Å². The highest BCUT2D eigenvalue weighted by Gasteiger charge is 1.91. The van der Waals surface area contributed by atoms with Gasteiger partial charge < -0.3 is 5.32 Å². The Labute approximate surface area is 83.9 Å². The van der Waals surface area contributed by atoms with Crippen LogP contribution in [0.5, 0.6) is 0 Å². The largest absolute Gasteiger partial charge is 0.384 e. The standard InChI is InChI=1S/C11H13NS/c1-3-4-9-12-10-5-7-11(13-2)8-6-10/h1,5-8,12H,4,9H2,2H3. The quantitative estimate of drug-likeness (QED) is 0.446. The number of anilines is 1. The van der Waals surface area contributed by atoms with Crippen LogP contribution in [0.3, 0.4) is 0 Å². The molecule has 68 valence electrons. The Morgan fingerprint density at radius 2 is 2.08 bits per heavy atom. The normalized spacial score (nSPS) is 9.23. The van der Waals surface area contributed by atoms with E-state index in [4.69, 9.17) is 6.42 Å². The van der Waals surface area contributed by atoms with Gasteiger partial charge in [-0.05, 0) is 30.5 Å². The summed E-state index contributed by atoms with van der Waals surface area (Å²) in [5.41, 5.74) is 1.13. The van der Waals surface area contributed by atoms with Crippen LogP contribution < -0.4 is 5.32 Å². The number of benzene rings is 1. The first-order chi connectivity index (χ1) is 6.36. The van der Waals surface area contributed by atoms with Crippen LogP contribution >= 0.6 is 11.8 Å². The Balaban J connectivity index is 2.45. The summed E-state index contributed by atoms with van der Waals surface area (Å²) >= 11 is 1.75. The number of terminal acetylenes is 1. The Morgan fingerprint density at radius 3 is 2.62 bits per heavy atom. The molecule has 0 bridgehead atoms. The molecule has 0 aliphatic rings. The smallest absolute Gasteiger partial charge is 0.0341 e. The average molecular weight is 191 g/mol. The van der Waals surface area contributed by atoms with Gasteiger partial charge in [0.25, 0.3) is 0 Å². The van der Waals surface area contributed by atoms with E-state index in [1.165, 1.54) is 4.90 Å². The van der Waals surface area contributed by atoms with Gasteiger partial charge in [0.1, 0.15) is 0 Å². The molecule has 0 spiro atoms. The fourth-order valence-electron chi connectivity index (χ4n) is 0.988. The van der Waals surface area contributed by atoms with Crippen LogP contribution in [0.25, 0.3) is 0 Å². The number of hydrogen-bond donors (Lipinski definition) is 1. The molecule has 0 saturated carbocycles. The summed E-state index contributed by atoms with van der Waals surface area (Å²) < 4.78 is 0. The van der Waals surface area contributed by atoms with Crippen molar-refractivity contribution in [3.8, 4) is 12.3 Å². The minimum absolute atomic E-state index is 0.768. The van der Waals surface area contributed by atoms with E-state index in [1.54, 1.807) is 11.8 Å². The van der Waals surface area contributed by atoms with Crippen molar-refractivity contribution < 1.29 is 0 Å². The first-order valence-electron chi connectivity index (χ1n) is 4.18. The number of thioether (sulfide) groups is 1. The van der Waals surface area contributed by atoms with E-state index in [-0.39, 0.29) is 0 Å². The fraction of sp³-hybridized carbons (Fsp3) is 0.273. The highest BCUT2D eigenvalue weighted by atomic mass is 32.2. The Kier molecular flexibility index (Phi) is 4.28. The summed E-state index contributed by atoms with van der Waals surface area (Å²) in [6.45, 7) is 0.842. The first-order valence-corrected chi connectivity index (χ1v) is 5.40. The third-order valence-corrected chi connectivity index (χ3v) is 2.43. The van der Waals surface area contributed by atoms with Gasteiger partial charge in [0.2, 0.25) is 0 Å². The lowest BCUT2D eigenvalue weighted by atomic mass is 10.3. The summed E-state index contributed by atoms with van der Waals surface area (Å²) in [6.07, 6.45) is 7.98. The fourth-order valence-corrected chi connectivity index (χ4v) is 1.40. The zero-order valence-electron chi connectivity index (χ0n) is 7.71. The molecule has 0 fully saturated rings. The maximum atomic E-state index is 5.14. The van der Waals surface area contributed by atoms with E-state index >= 15 is 0 Å². The Bertz CT molecular complexity index is 284. The summed E-state index contributed by atoms with van der Waals surface area (Å²) in [4.78, 5) is 1.28.